The van der Waals surface area contributed by atoms with Gasteiger partial charge in [0.2, 0.25) is 0 Å². The first kappa shape index (κ1) is 20.6. The van der Waals surface area contributed by atoms with Gasteiger partial charge >= 0.3 is 6.09 Å². The Balaban J connectivity index is 2.09. The number of halogens is 2. The third-order valence-corrected chi connectivity index (χ3v) is 4.27. The van der Waals surface area contributed by atoms with Crippen molar-refractivity contribution in [2.75, 3.05) is 19.6 Å². The smallest absolute Gasteiger partial charge is 0.407 e. The molecule has 1 aromatic rings. The SMILES string of the molecule is CC(C)(C)OC(=O)N[C@H](Cc1ccc(F)cc1F)[C@H](O)CN1CCCC1. The zero-order valence-corrected chi connectivity index (χ0v) is 15.6. The second-order valence-electron chi connectivity index (χ2n) is 7.77. The van der Waals surface area contributed by atoms with Crippen molar-refractivity contribution < 1.29 is 23.4 Å². The normalized spacial score (nSPS) is 17.8. The van der Waals surface area contributed by atoms with Gasteiger partial charge in [-0.1, -0.05) is 6.07 Å². The molecule has 1 saturated heterocycles. The lowest BCUT2D eigenvalue weighted by atomic mass is 10.0. The van der Waals surface area contributed by atoms with Crippen molar-refractivity contribution in [1.29, 1.82) is 0 Å². The highest BCUT2D eigenvalue weighted by Gasteiger charge is 2.28. The van der Waals surface area contributed by atoms with Crippen LogP contribution in [0.25, 0.3) is 0 Å². The maximum Gasteiger partial charge on any atom is 0.407 e. The quantitative estimate of drug-likeness (QED) is 0.808. The molecule has 0 unspecified atom stereocenters. The van der Waals surface area contributed by atoms with Crippen molar-refractivity contribution in [2.24, 2.45) is 0 Å². The third kappa shape index (κ3) is 6.53. The van der Waals surface area contributed by atoms with E-state index in [1.54, 1.807) is 20.8 Å². The second-order valence-corrected chi connectivity index (χ2v) is 7.77. The average Bonchev–Trinajstić information content (AvgIpc) is 3.00. The van der Waals surface area contributed by atoms with E-state index in [4.69, 9.17) is 4.74 Å². The molecule has 0 spiro atoms. The summed E-state index contributed by atoms with van der Waals surface area (Å²) < 4.78 is 32.4. The number of hydrogen-bond acceptors (Lipinski definition) is 4. The van der Waals surface area contributed by atoms with Gasteiger partial charge in [-0.3, -0.25) is 0 Å². The first-order valence-electron chi connectivity index (χ1n) is 8.98. The van der Waals surface area contributed by atoms with Gasteiger partial charge in [-0.05, 0) is 64.8 Å². The number of amides is 1. The van der Waals surface area contributed by atoms with Crippen molar-refractivity contribution in [1.82, 2.24) is 10.2 Å². The van der Waals surface area contributed by atoms with Gasteiger partial charge in [0.05, 0.1) is 12.1 Å². The number of likely N-dealkylation sites (tertiary alicyclic amines) is 1. The molecule has 1 amide bonds. The van der Waals surface area contributed by atoms with E-state index < -0.39 is 35.5 Å². The minimum atomic E-state index is -0.898. The predicted octanol–water partition coefficient (Wildman–Crippen LogP) is 2.86. The van der Waals surface area contributed by atoms with Crippen molar-refractivity contribution in [3.05, 3.63) is 35.4 Å². The zero-order chi connectivity index (χ0) is 19.3. The van der Waals surface area contributed by atoms with Crippen LogP contribution in [-0.2, 0) is 11.2 Å². The Morgan fingerprint density at radius 1 is 1.31 bits per heavy atom. The van der Waals surface area contributed by atoms with Crippen LogP contribution in [0.5, 0.6) is 0 Å². The number of β-amino-alcohol motifs (C(OH)–C–C–N with tert-alkyl or cyclic N) is 1. The van der Waals surface area contributed by atoms with Gasteiger partial charge in [-0.15, -0.1) is 0 Å². The van der Waals surface area contributed by atoms with Crippen LogP contribution in [0.3, 0.4) is 0 Å². The molecule has 1 aromatic carbocycles. The molecule has 26 heavy (non-hydrogen) atoms. The van der Waals surface area contributed by atoms with Crippen LogP contribution in [0.4, 0.5) is 13.6 Å². The highest BCUT2D eigenvalue weighted by Crippen LogP contribution is 2.16. The van der Waals surface area contributed by atoms with Gasteiger partial charge in [0.25, 0.3) is 0 Å². The van der Waals surface area contributed by atoms with Crippen LogP contribution in [0.1, 0.15) is 39.2 Å². The van der Waals surface area contributed by atoms with E-state index in [9.17, 15) is 18.7 Å². The van der Waals surface area contributed by atoms with Crippen molar-refractivity contribution >= 4 is 6.09 Å². The fourth-order valence-corrected chi connectivity index (χ4v) is 3.02. The second kappa shape index (κ2) is 8.77. The van der Waals surface area contributed by atoms with Crippen LogP contribution in [0, 0.1) is 11.6 Å². The molecule has 0 saturated carbocycles. The largest absolute Gasteiger partial charge is 0.444 e. The van der Waals surface area contributed by atoms with Gasteiger partial charge in [0.15, 0.2) is 0 Å². The molecule has 1 aliphatic heterocycles. The maximum absolute atomic E-state index is 14.0. The van der Waals surface area contributed by atoms with E-state index >= 15 is 0 Å². The number of benzene rings is 1. The average molecular weight is 370 g/mol. The molecular weight excluding hydrogens is 342 g/mol. The van der Waals surface area contributed by atoms with E-state index in [2.05, 4.69) is 10.2 Å². The van der Waals surface area contributed by atoms with Crippen LogP contribution < -0.4 is 5.32 Å². The summed E-state index contributed by atoms with van der Waals surface area (Å²) in [6.07, 6.45) is 0.614. The molecule has 1 heterocycles. The molecule has 0 aromatic heterocycles. The molecule has 0 bridgehead atoms. The molecule has 0 aliphatic carbocycles. The summed E-state index contributed by atoms with van der Waals surface area (Å²) in [6.45, 7) is 7.37. The number of hydrogen-bond donors (Lipinski definition) is 2. The van der Waals surface area contributed by atoms with Gasteiger partial charge in [-0.25, -0.2) is 13.6 Å². The Hall–Kier alpha value is -1.73. The Labute approximate surface area is 153 Å². The summed E-state index contributed by atoms with van der Waals surface area (Å²) in [7, 11) is 0. The van der Waals surface area contributed by atoms with E-state index in [1.807, 2.05) is 0 Å². The number of aliphatic hydroxyl groups excluding tert-OH is 1. The highest BCUT2D eigenvalue weighted by atomic mass is 19.1. The number of carbonyl (C=O) groups is 1. The lowest BCUT2D eigenvalue weighted by Crippen LogP contribution is -2.50. The lowest BCUT2D eigenvalue weighted by Gasteiger charge is -2.29. The monoisotopic (exact) mass is 370 g/mol. The summed E-state index contributed by atoms with van der Waals surface area (Å²) in [4.78, 5) is 14.2. The molecule has 2 N–H and O–H groups in total. The standard InChI is InChI=1S/C19H28F2N2O3/c1-19(2,3)26-18(25)22-16(17(24)12-23-8-4-5-9-23)10-13-6-7-14(20)11-15(13)21/h6-7,11,16-17,24H,4-5,8-10,12H2,1-3H3,(H,22,25)/t16-,17-/m1/s1. The maximum atomic E-state index is 14.0. The Morgan fingerprint density at radius 2 is 1.96 bits per heavy atom. The third-order valence-electron chi connectivity index (χ3n) is 4.27. The van der Waals surface area contributed by atoms with Gasteiger partial charge in [-0.2, -0.15) is 0 Å². The molecule has 2 rings (SSSR count). The van der Waals surface area contributed by atoms with E-state index in [1.165, 1.54) is 6.07 Å². The van der Waals surface area contributed by atoms with Crippen LogP contribution in [0.15, 0.2) is 18.2 Å². The van der Waals surface area contributed by atoms with Crippen molar-refractivity contribution in [2.45, 2.75) is 57.8 Å². The van der Waals surface area contributed by atoms with E-state index in [0.29, 0.717) is 6.54 Å². The van der Waals surface area contributed by atoms with Crippen molar-refractivity contribution in [3.8, 4) is 0 Å². The number of aliphatic hydroxyl groups is 1. The molecule has 0 radical (unpaired) electrons. The summed E-state index contributed by atoms with van der Waals surface area (Å²) in [5, 5.41) is 13.3. The predicted molar refractivity (Wildman–Crippen MR) is 94.9 cm³/mol. The topological polar surface area (TPSA) is 61.8 Å². The number of rotatable bonds is 6. The minimum absolute atomic E-state index is 0.0420. The molecule has 5 nitrogen and oxygen atoms in total. The van der Waals surface area contributed by atoms with Crippen molar-refractivity contribution in [3.63, 3.8) is 0 Å². The first-order valence-corrected chi connectivity index (χ1v) is 8.98. The Morgan fingerprint density at radius 3 is 2.54 bits per heavy atom. The summed E-state index contributed by atoms with van der Waals surface area (Å²) in [5.41, 5.74) is -0.455. The fourth-order valence-electron chi connectivity index (χ4n) is 3.02. The minimum Gasteiger partial charge on any atom is -0.444 e. The van der Waals surface area contributed by atoms with Gasteiger partial charge in [0, 0.05) is 12.6 Å². The van der Waals surface area contributed by atoms with Gasteiger partial charge in [0.1, 0.15) is 17.2 Å². The summed E-state index contributed by atoms with van der Waals surface area (Å²) in [5.74, 6) is -1.37. The fraction of sp³-hybridized carbons (Fsp3) is 0.632. The number of carbonyl (C=O) groups excluding carboxylic acids is 1. The molecule has 7 heteroatoms. The Bertz CT molecular complexity index is 613. The van der Waals surface area contributed by atoms with Gasteiger partial charge < -0.3 is 20.1 Å². The number of nitrogens with zero attached hydrogens (tertiary/aromatic N) is 1. The number of ether oxygens (including phenoxy) is 1. The lowest BCUT2D eigenvalue weighted by molar-refractivity contribution is 0.0378. The van der Waals surface area contributed by atoms with Crippen LogP contribution in [0.2, 0.25) is 0 Å². The highest BCUT2D eigenvalue weighted by molar-refractivity contribution is 5.68. The number of alkyl carbamates (subject to hydrolysis) is 1. The zero-order valence-electron chi connectivity index (χ0n) is 15.6. The molecular formula is C19H28F2N2O3. The molecule has 2 atom stereocenters. The molecule has 1 fully saturated rings. The first-order chi connectivity index (χ1) is 12.1. The number of nitrogens with one attached hydrogen (secondary N) is 1. The van der Waals surface area contributed by atoms with E-state index in [-0.39, 0.29) is 12.0 Å². The molecule has 146 valence electrons. The summed E-state index contributed by atoms with van der Waals surface area (Å²) >= 11 is 0. The summed E-state index contributed by atoms with van der Waals surface area (Å²) in [6, 6.07) is 2.55. The van der Waals surface area contributed by atoms with Crippen LogP contribution >= 0.6 is 0 Å². The molecule has 1 aliphatic rings. The van der Waals surface area contributed by atoms with E-state index in [0.717, 1.165) is 38.1 Å². The Kier molecular flexibility index (Phi) is 6.94. The van der Waals surface area contributed by atoms with Crippen LogP contribution in [-0.4, -0.2) is 53.5 Å².